The Kier molecular flexibility index (Phi) is 7.42. The van der Waals surface area contributed by atoms with Crippen molar-refractivity contribution >= 4 is 29.4 Å². The lowest BCUT2D eigenvalue weighted by atomic mass is 9.96. The first kappa shape index (κ1) is 26.1. The van der Waals surface area contributed by atoms with Crippen LogP contribution in [-0.4, -0.2) is 29.7 Å². The van der Waals surface area contributed by atoms with Crippen molar-refractivity contribution in [2.75, 3.05) is 13.2 Å². The zero-order chi connectivity index (χ0) is 27.5. The molecule has 0 radical (unpaired) electrons. The Morgan fingerprint density at radius 2 is 1.67 bits per heavy atom. The normalized spacial score (nSPS) is 15.1. The van der Waals surface area contributed by atoms with E-state index in [0.717, 1.165) is 11.1 Å². The van der Waals surface area contributed by atoms with Gasteiger partial charge in [0.05, 0.1) is 40.6 Å². The molecule has 8 nitrogen and oxygen atoms in total. The van der Waals surface area contributed by atoms with E-state index in [-0.39, 0.29) is 18.1 Å². The number of furan rings is 1. The van der Waals surface area contributed by atoms with E-state index in [2.05, 4.69) is 4.99 Å². The zero-order valence-electron chi connectivity index (χ0n) is 21.7. The lowest BCUT2D eigenvalue weighted by Crippen LogP contribution is -2.39. The number of carbonyl (C=O) groups excluding carboxylic acids is 2. The fraction of sp³-hybridized carbons (Fsp3) is 0.200. The highest BCUT2D eigenvalue weighted by Gasteiger charge is 2.33. The maximum absolute atomic E-state index is 13.7. The molecule has 0 bridgehead atoms. The van der Waals surface area contributed by atoms with E-state index in [4.69, 9.17) is 13.9 Å². The number of rotatable bonds is 7. The standard InChI is InChI=1S/C30H26N2O6S/c1-4-36-28(34)21-13-11-19(12-14-21)23-16-15-22(38-23)17-24-27(33)32-26(20-9-7-6-8-10-20)25(29(35)37-5-2)18(3)31-30(32)39-24/h6-17,26H,4-5H2,1-3H3/b24-17-. The van der Waals surface area contributed by atoms with Crippen molar-refractivity contribution in [1.82, 2.24) is 4.57 Å². The number of allylic oxidation sites excluding steroid dienone is 1. The van der Waals surface area contributed by atoms with Gasteiger partial charge in [0.2, 0.25) is 0 Å². The van der Waals surface area contributed by atoms with Crippen molar-refractivity contribution in [2.24, 2.45) is 4.99 Å². The molecular weight excluding hydrogens is 516 g/mol. The summed E-state index contributed by atoms with van der Waals surface area (Å²) in [5.74, 6) is 0.204. The average molecular weight is 543 g/mol. The van der Waals surface area contributed by atoms with Gasteiger partial charge >= 0.3 is 11.9 Å². The zero-order valence-corrected chi connectivity index (χ0v) is 22.5. The molecule has 198 valence electrons. The molecule has 1 aliphatic heterocycles. The second kappa shape index (κ2) is 11.1. The van der Waals surface area contributed by atoms with Gasteiger partial charge in [0.25, 0.3) is 5.56 Å². The molecule has 4 aromatic rings. The summed E-state index contributed by atoms with van der Waals surface area (Å²) in [7, 11) is 0. The highest BCUT2D eigenvalue weighted by molar-refractivity contribution is 7.07. The lowest BCUT2D eigenvalue weighted by Gasteiger charge is -2.24. The first-order valence-electron chi connectivity index (χ1n) is 12.5. The quantitative estimate of drug-likeness (QED) is 0.324. The van der Waals surface area contributed by atoms with Gasteiger partial charge in [0.15, 0.2) is 4.80 Å². The molecule has 0 N–H and O–H groups in total. The number of benzene rings is 2. The summed E-state index contributed by atoms with van der Waals surface area (Å²) in [6.07, 6.45) is 1.67. The lowest BCUT2D eigenvalue weighted by molar-refractivity contribution is -0.139. The second-order valence-electron chi connectivity index (χ2n) is 8.71. The molecule has 1 aliphatic rings. The van der Waals surface area contributed by atoms with Crippen molar-refractivity contribution in [1.29, 1.82) is 0 Å². The third-order valence-corrected chi connectivity index (χ3v) is 7.20. The number of hydrogen-bond acceptors (Lipinski definition) is 8. The van der Waals surface area contributed by atoms with Gasteiger partial charge in [-0.25, -0.2) is 14.6 Å². The maximum atomic E-state index is 13.7. The van der Waals surface area contributed by atoms with Crippen LogP contribution in [0.15, 0.2) is 92.2 Å². The van der Waals surface area contributed by atoms with Crippen LogP contribution in [0.1, 0.15) is 48.5 Å². The molecule has 0 saturated heterocycles. The molecule has 0 saturated carbocycles. The highest BCUT2D eigenvalue weighted by atomic mass is 32.1. The van der Waals surface area contributed by atoms with E-state index in [1.165, 1.54) is 11.3 Å². The Bertz CT molecular complexity index is 1740. The largest absolute Gasteiger partial charge is 0.463 e. The van der Waals surface area contributed by atoms with Gasteiger partial charge < -0.3 is 13.9 Å². The molecule has 0 spiro atoms. The first-order chi connectivity index (χ1) is 18.9. The van der Waals surface area contributed by atoms with Crippen molar-refractivity contribution < 1.29 is 23.5 Å². The van der Waals surface area contributed by atoms with E-state index >= 15 is 0 Å². The summed E-state index contributed by atoms with van der Waals surface area (Å²) >= 11 is 1.23. The molecule has 0 amide bonds. The van der Waals surface area contributed by atoms with E-state index in [1.54, 1.807) is 67.8 Å². The van der Waals surface area contributed by atoms with Crippen molar-refractivity contribution in [3.05, 3.63) is 115 Å². The third kappa shape index (κ3) is 5.13. The molecule has 3 heterocycles. The van der Waals surface area contributed by atoms with Gasteiger partial charge in [-0.15, -0.1) is 0 Å². The number of esters is 2. The third-order valence-electron chi connectivity index (χ3n) is 6.21. The topological polar surface area (TPSA) is 100 Å². The average Bonchev–Trinajstić information content (AvgIpc) is 3.53. The summed E-state index contributed by atoms with van der Waals surface area (Å²) in [5, 5.41) is 0. The minimum atomic E-state index is -0.659. The number of nitrogens with zero attached hydrogens (tertiary/aromatic N) is 2. The van der Waals surface area contributed by atoms with Crippen LogP contribution in [0, 0.1) is 0 Å². The van der Waals surface area contributed by atoms with Crippen molar-refractivity contribution in [3.8, 4) is 11.3 Å². The second-order valence-corrected chi connectivity index (χ2v) is 9.72. The predicted molar refractivity (Wildman–Crippen MR) is 147 cm³/mol. The van der Waals surface area contributed by atoms with Gasteiger partial charge in [-0.05, 0) is 50.6 Å². The Balaban J connectivity index is 1.53. The van der Waals surface area contributed by atoms with E-state index in [9.17, 15) is 14.4 Å². The molecule has 5 rings (SSSR count). The number of fused-ring (bicyclic) bond motifs is 1. The monoisotopic (exact) mass is 542 g/mol. The van der Waals surface area contributed by atoms with Crippen LogP contribution in [-0.2, 0) is 14.3 Å². The smallest absolute Gasteiger partial charge is 0.338 e. The molecule has 1 unspecified atom stereocenters. The van der Waals surface area contributed by atoms with Crippen LogP contribution in [0.2, 0.25) is 0 Å². The minimum Gasteiger partial charge on any atom is -0.463 e. The van der Waals surface area contributed by atoms with Crippen LogP contribution in [0.3, 0.4) is 0 Å². The van der Waals surface area contributed by atoms with E-state index in [0.29, 0.717) is 44.3 Å². The summed E-state index contributed by atoms with van der Waals surface area (Å²) in [6.45, 7) is 5.78. The van der Waals surface area contributed by atoms with Crippen LogP contribution >= 0.6 is 11.3 Å². The summed E-state index contributed by atoms with van der Waals surface area (Å²) in [4.78, 5) is 43.6. The molecule has 0 fully saturated rings. The Labute approximate surface area is 228 Å². The number of aromatic nitrogens is 1. The van der Waals surface area contributed by atoms with Crippen LogP contribution in [0.4, 0.5) is 0 Å². The van der Waals surface area contributed by atoms with Gasteiger partial charge in [0.1, 0.15) is 11.5 Å². The Morgan fingerprint density at radius 3 is 2.36 bits per heavy atom. The molecular formula is C30H26N2O6S. The SMILES string of the molecule is CCOC(=O)C1=C(C)N=c2s/c(=C\c3ccc(-c4ccc(C(=O)OCC)cc4)o3)c(=O)n2C1c1ccccc1. The number of thiazole rings is 1. The van der Waals surface area contributed by atoms with Crippen LogP contribution in [0.5, 0.6) is 0 Å². The fourth-order valence-corrected chi connectivity index (χ4v) is 5.47. The molecule has 2 aromatic heterocycles. The number of ether oxygens (including phenoxy) is 2. The predicted octanol–water partition coefficient (Wildman–Crippen LogP) is 4.24. The summed E-state index contributed by atoms with van der Waals surface area (Å²) in [5.41, 5.74) is 2.60. The van der Waals surface area contributed by atoms with Gasteiger partial charge in [-0.1, -0.05) is 53.8 Å². The highest BCUT2D eigenvalue weighted by Crippen LogP contribution is 2.30. The van der Waals surface area contributed by atoms with Gasteiger partial charge in [0, 0.05) is 11.6 Å². The van der Waals surface area contributed by atoms with E-state index < -0.39 is 12.0 Å². The maximum Gasteiger partial charge on any atom is 0.338 e. The molecule has 9 heteroatoms. The van der Waals surface area contributed by atoms with Gasteiger partial charge in [-0.3, -0.25) is 9.36 Å². The Morgan fingerprint density at radius 1 is 0.974 bits per heavy atom. The minimum absolute atomic E-state index is 0.216. The molecule has 2 aromatic carbocycles. The molecule has 1 atom stereocenters. The number of hydrogen-bond donors (Lipinski definition) is 0. The van der Waals surface area contributed by atoms with Crippen molar-refractivity contribution in [3.63, 3.8) is 0 Å². The first-order valence-corrected chi connectivity index (χ1v) is 13.3. The van der Waals surface area contributed by atoms with Gasteiger partial charge in [-0.2, -0.15) is 0 Å². The van der Waals surface area contributed by atoms with Crippen LogP contribution < -0.4 is 14.9 Å². The number of carbonyl (C=O) groups is 2. The molecule has 0 aliphatic carbocycles. The van der Waals surface area contributed by atoms with E-state index in [1.807, 2.05) is 30.3 Å². The van der Waals surface area contributed by atoms with Crippen LogP contribution in [0.25, 0.3) is 17.4 Å². The summed E-state index contributed by atoms with van der Waals surface area (Å²) < 4.78 is 18.3. The Hall–Kier alpha value is -4.50. The van der Waals surface area contributed by atoms with Crippen molar-refractivity contribution in [2.45, 2.75) is 26.8 Å². The molecule has 39 heavy (non-hydrogen) atoms. The summed E-state index contributed by atoms with van der Waals surface area (Å²) in [6, 6.07) is 19.2. The fourth-order valence-electron chi connectivity index (χ4n) is 4.44.